The highest BCUT2D eigenvalue weighted by Gasteiger charge is 2.18. The maximum absolute atomic E-state index is 6.39. The van der Waals surface area contributed by atoms with Gasteiger partial charge in [-0.05, 0) is 30.3 Å². The van der Waals surface area contributed by atoms with E-state index in [4.69, 9.17) is 51.1 Å². The number of rotatable bonds is 8. The topological polar surface area (TPSA) is 39.1 Å². The average Bonchev–Trinajstić information content (AvgIpc) is 3.13. The van der Waals surface area contributed by atoms with Gasteiger partial charge in [0.25, 0.3) is 0 Å². The van der Waals surface area contributed by atoms with E-state index in [2.05, 4.69) is 10.3 Å². The summed E-state index contributed by atoms with van der Waals surface area (Å²) in [5.41, 5.74) is 0.821. The van der Waals surface area contributed by atoms with Crippen LogP contribution in [0.15, 0.2) is 55.1 Å². The van der Waals surface area contributed by atoms with E-state index in [0.29, 0.717) is 32.4 Å². The number of hydrogen-bond acceptors (Lipinski definition) is 3. The Morgan fingerprint density at radius 2 is 1.74 bits per heavy atom. The van der Waals surface area contributed by atoms with Gasteiger partial charge in [-0.25, -0.2) is 4.98 Å². The molecule has 3 rings (SSSR count). The van der Waals surface area contributed by atoms with E-state index in [9.17, 15) is 0 Å². The van der Waals surface area contributed by atoms with Crippen molar-refractivity contribution >= 4 is 46.4 Å². The van der Waals surface area contributed by atoms with Crippen molar-refractivity contribution in [2.45, 2.75) is 12.6 Å². The summed E-state index contributed by atoms with van der Waals surface area (Å²) in [7, 11) is 0. The minimum atomic E-state index is -0.351. The van der Waals surface area contributed by atoms with Crippen LogP contribution in [0.1, 0.15) is 11.7 Å². The van der Waals surface area contributed by atoms with Gasteiger partial charge in [0.2, 0.25) is 0 Å². The maximum atomic E-state index is 6.39. The van der Waals surface area contributed by atoms with Crippen molar-refractivity contribution in [1.29, 1.82) is 0 Å². The third kappa shape index (κ3) is 5.77. The fourth-order valence-electron chi connectivity index (χ4n) is 2.56. The quantitative estimate of drug-likeness (QED) is 0.439. The number of halogens is 4. The van der Waals surface area contributed by atoms with Crippen molar-refractivity contribution in [3.63, 3.8) is 0 Å². The van der Waals surface area contributed by atoms with Crippen LogP contribution in [0, 0.1) is 0 Å². The van der Waals surface area contributed by atoms with Gasteiger partial charge in [-0.3, -0.25) is 0 Å². The van der Waals surface area contributed by atoms with E-state index in [0.717, 1.165) is 18.7 Å². The minimum absolute atomic E-state index is 0.351. The highest BCUT2D eigenvalue weighted by Crippen LogP contribution is 2.34. The zero-order valence-electron chi connectivity index (χ0n) is 14.2. The summed E-state index contributed by atoms with van der Waals surface area (Å²) < 4.78 is 8.14. The summed E-state index contributed by atoms with van der Waals surface area (Å²) >= 11 is 24.6. The lowest BCUT2D eigenvalue weighted by Crippen LogP contribution is -2.28. The van der Waals surface area contributed by atoms with Crippen LogP contribution < -0.4 is 10.1 Å². The second-order valence-corrected chi connectivity index (χ2v) is 7.54. The Labute approximate surface area is 178 Å². The Hall–Kier alpha value is -1.43. The molecule has 1 atom stereocenters. The van der Waals surface area contributed by atoms with Gasteiger partial charge >= 0.3 is 0 Å². The molecule has 0 spiro atoms. The van der Waals surface area contributed by atoms with Gasteiger partial charge < -0.3 is 14.6 Å². The Balaban J connectivity index is 1.73. The Bertz CT molecular complexity index is 887. The van der Waals surface area contributed by atoms with Crippen LogP contribution >= 0.6 is 46.4 Å². The van der Waals surface area contributed by atoms with Crippen molar-refractivity contribution in [3.05, 3.63) is 80.8 Å². The van der Waals surface area contributed by atoms with Crippen molar-refractivity contribution < 1.29 is 4.74 Å². The minimum Gasteiger partial charge on any atom is -0.483 e. The summed E-state index contributed by atoms with van der Waals surface area (Å²) in [6.45, 7) is 2.08. The molecular formula is C19H17Cl4N3O. The lowest BCUT2D eigenvalue weighted by atomic mass is 10.1. The maximum Gasteiger partial charge on any atom is 0.139 e. The van der Waals surface area contributed by atoms with E-state index < -0.39 is 0 Å². The predicted molar refractivity (Wildman–Crippen MR) is 111 cm³/mol. The van der Waals surface area contributed by atoms with Crippen LogP contribution in [0.3, 0.4) is 0 Å². The van der Waals surface area contributed by atoms with Crippen molar-refractivity contribution in [1.82, 2.24) is 14.9 Å². The average molecular weight is 445 g/mol. The zero-order valence-corrected chi connectivity index (χ0v) is 17.2. The highest BCUT2D eigenvalue weighted by atomic mass is 35.5. The summed E-state index contributed by atoms with van der Waals surface area (Å²) in [6.07, 6.45) is 5.09. The molecule has 4 nitrogen and oxygen atoms in total. The van der Waals surface area contributed by atoms with Gasteiger partial charge in [0.15, 0.2) is 0 Å². The van der Waals surface area contributed by atoms with E-state index in [1.54, 1.807) is 42.9 Å². The van der Waals surface area contributed by atoms with Gasteiger partial charge in [0.1, 0.15) is 11.9 Å². The molecule has 0 aliphatic heterocycles. The fraction of sp³-hybridized carbons (Fsp3) is 0.211. The van der Waals surface area contributed by atoms with Crippen molar-refractivity contribution in [3.8, 4) is 5.75 Å². The monoisotopic (exact) mass is 443 g/mol. The first-order valence-corrected chi connectivity index (χ1v) is 9.77. The normalized spacial score (nSPS) is 12.1. The molecule has 0 bridgehead atoms. The lowest BCUT2D eigenvalue weighted by molar-refractivity contribution is 0.201. The number of imidazole rings is 1. The molecule has 8 heteroatoms. The van der Waals surface area contributed by atoms with Gasteiger partial charge in [-0.1, -0.05) is 52.5 Å². The Morgan fingerprint density at radius 1 is 1.00 bits per heavy atom. The molecule has 1 unspecified atom stereocenters. The Morgan fingerprint density at radius 3 is 2.41 bits per heavy atom. The fourth-order valence-corrected chi connectivity index (χ4v) is 3.55. The molecule has 0 aliphatic carbocycles. The van der Waals surface area contributed by atoms with Crippen LogP contribution in [0.25, 0.3) is 0 Å². The first kappa shape index (κ1) is 20.3. The summed E-state index contributed by atoms with van der Waals surface area (Å²) in [4.78, 5) is 4.03. The van der Waals surface area contributed by atoms with E-state index in [1.807, 2.05) is 16.8 Å². The molecule has 0 fully saturated rings. The van der Waals surface area contributed by atoms with E-state index in [1.165, 1.54) is 0 Å². The molecule has 0 saturated carbocycles. The first-order valence-electron chi connectivity index (χ1n) is 8.26. The molecule has 0 aliphatic rings. The molecule has 1 heterocycles. The van der Waals surface area contributed by atoms with Crippen molar-refractivity contribution in [2.75, 3.05) is 13.1 Å². The van der Waals surface area contributed by atoms with Gasteiger partial charge in [-0.2, -0.15) is 0 Å². The number of hydrogen-bond donors (Lipinski definition) is 1. The largest absolute Gasteiger partial charge is 0.483 e. The SMILES string of the molecule is Clc1ccc(OC(CNCCn2ccnc2)c2ccc(Cl)cc2Cl)c(Cl)c1. The van der Waals surface area contributed by atoms with Crippen LogP contribution in [-0.2, 0) is 6.54 Å². The number of ether oxygens (including phenoxy) is 1. The van der Waals surface area contributed by atoms with Crippen LogP contribution in [0.5, 0.6) is 5.75 Å². The molecule has 0 radical (unpaired) electrons. The molecular weight excluding hydrogens is 428 g/mol. The molecule has 3 aromatic rings. The molecule has 1 aromatic heterocycles. The summed E-state index contributed by atoms with van der Waals surface area (Å²) in [5, 5.41) is 5.48. The molecule has 142 valence electrons. The van der Waals surface area contributed by atoms with Crippen LogP contribution in [-0.4, -0.2) is 22.6 Å². The zero-order chi connectivity index (χ0) is 19.2. The van der Waals surface area contributed by atoms with E-state index >= 15 is 0 Å². The summed E-state index contributed by atoms with van der Waals surface area (Å²) in [5.74, 6) is 0.536. The highest BCUT2D eigenvalue weighted by molar-refractivity contribution is 6.36. The third-order valence-electron chi connectivity index (χ3n) is 3.91. The number of benzene rings is 2. The predicted octanol–water partition coefficient (Wildman–Crippen LogP) is 5.91. The van der Waals surface area contributed by atoms with E-state index in [-0.39, 0.29) is 6.10 Å². The van der Waals surface area contributed by atoms with Crippen LogP contribution in [0.2, 0.25) is 20.1 Å². The lowest BCUT2D eigenvalue weighted by Gasteiger charge is -2.22. The molecule has 1 N–H and O–H groups in total. The second kappa shape index (κ2) is 9.67. The second-order valence-electron chi connectivity index (χ2n) is 5.85. The standard InChI is InChI=1S/C19H17Cl4N3O/c20-13-1-3-15(16(22)9-13)19(11-24-5-7-26-8-6-25-12-26)27-18-4-2-14(21)10-17(18)23/h1-4,6,8-10,12,19,24H,5,7,11H2. The van der Waals surface area contributed by atoms with Crippen LogP contribution in [0.4, 0.5) is 0 Å². The number of nitrogens with zero attached hydrogens (tertiary/aromatic N) is 2. The smallest absolute Gasteiger partial charge is 0.139 e. The molecule has 2 aromatic carbocycles. The number of nitrogens with one attached hydrogen (secondary N) is 1. The Kier molecular flexibility index (Phi) is 7.27. The number of aromatic nitrogens is 2. The third-order valence-corrected chi connectivity index (χ3v) is 5.00. The molecule has 0 saturated heterocycles. The van der Waals surface area contributed by atoms with Gasteiger partial charge in [0, 0.05) is 52.7 Å². The molecule has 0 amide bonds. The van der Waals surface area contributed by atoms with Gasteiger partial charge in [-0.15, -0.1) is 0 Å². The first-order chi connectivity index (χ1) is 13.0. The molecule has 27 heavy (non-hydrogen) atoms. The van der Waals surface area contributed by atoms with Gasteiger partial charge in [0.05, 0.1) is 11.3 Å². The van der Waals surface area contributed by atoms with Crippen molar-refractivity contribution in [2.24, 2.45) is 0 Å². The summed E-state index contributed by atoms with van der Waals surface area (Å²) in [6, 6.07) is 10.5.